The molecule has 4 aromatic rings. The van der Waals surface area contributed by atoms with Crippen molar-refractivity contribution in [1.82, 2.24) is 0 Å². The van der Waals surface area contributed by atoms with Gasteiger partial charge < -0.3 is 71.1 Å². The summed E-state index contributed by atoms with van der Waals surface area (Å²) in [6, 6.07) is 15.1. The maximum Gasteiger partial charge on any atom is 0.204 e. The number of hydrogen-bond donors (Lipinski definition) is 13. The molecule has 0 fully saturated rings. The smallest absolute Gasteiger partial charge is 0.204 e. The number of aromatic hydroxyl groups is 3. The Kier molecular flexibility index (Phi) is 11.2. The molecule has 0 radical (unpaired) electrons. The van der Waals surface area contributed by atoms with Crippen molar-refractivity contribution in [3.8, 4) is 28.4 Å². The number of phenolic OH excluding ortho intramolecular Hbond substituents is 3. The highest BCUT2D eigenvalue weighted by Crippen LogP contribution is 2.57. The van der Waals surface area contributed by atoms with E-state index in [9.17, 15) is 66.4 Å². The molecule has 1 aliphatic carbocycles. The Morgan fingerprint density at radius 1 is 0.700 bits per heavy atom. The van der Waals surface area contributed by atoms with E-state index in [-0.39, 0.29) is 79.0 Å². The Balaban J connectivity index is 1.84. The first-order chi connectivity index (χ1) is 28.5. The van der Waals surface area contributed by atoms with Gasteiger partial charge in [0.2, 0.25) is 17.3 Å². The number of benzene rings is 4. The molecule has 0 saturated carbocycles. The van der Waals surface area contributed by atoms with Crippen LogP contribution in [0.5, 0.6) is 17.2 Å². The second-order valence-corrected chi connectivity index (χ2v) is 14.1. The minimum absolute atomic E-state index is 0.116. The molecule has 1 unspecified atom stereocenters. The molecular formula is C46H42O14. The van der Waals surface area contributed by atoms with E-state index < -0.39 is 87.2 Å². The zero-order valence-electron chi connectivity index (χ0n) is 32.6. The summed E-state index contributed by atoms with van der Waals surface area (Å²) in [7, 11) is 0. The molecule has 1 atom stereocenters. The van der Waals surface area contributed by atoms with E-state index in [1.165, 1.54) is 19.9 Å². The summed E-state index contributed by atoms with van der Waals surface area (Å²) in [5.74, 6) is -11.6. The third kappa shape index (κ3) is 6.59. The molecular weight excluding hydrogens is 776 g/mol. The first kappa shape index (κ1) is 41.6. The molecule has 1 heterocycles. The summed E-state index contributed by atoms with van der Waals surface area (Å²) >= 11 is 0. The standard InChI is InChI=1S/C46H42O14/c1-5-11-23-21(4)32(24-14-9-10-15-25(24)33(23)37-38(52)26(22-12-7-6-8-13-22)16-28(49)40(54)44(37)58)36-34-27(39(53)45(59)43(36)57)19-60-46(35(34)29(50)17-47)31(20(2)3)42(56)41(55)30(51)18-48/h5-18,26,47-59H,19H2,1-4H3/b11-5-,29-17-,30-18-,42-41-. The number of hydrogen-bond acceptors (Lipinski definition) is 14. The lowest BCUT2D eigenvalue weighted by atomic mass is 9.78. The molecule has 0 aromatic heterocycles. The van der Waals surface area contributed by atoms with Crippen LogP contribution < -0.4 is 0 Å². The van der Waals surface area contributed by atoms with Crippen molar-refractivity contribution in [2.75, 3.05) is 0 Å². The topological polar surface area (TPSA) is 272 Å². The van der Waals surface area contributed by atoms with Crippen LogP contribution in [-0.4, -0.2) is 66.4 Å². The number of phenols is 3. The van der Waals surface area contributed by atoms with Gasteiger partial charge in [-0.1, -0.05) is 72.3 Å². The Morgan fingerprint density at radius 2 is 1.32 bits per heavy atom. The predicted octanol–water partition coefficient (Wildman–Crippen LogP) is 10.6. The Labute approximate surface area is 342 Å². The molecule has 14 nitrogen and oxygen atoms in total. The highest BCUT2D eigenvalue weighted by atomic mass is 16.5. The van der Waals surface area contributed by atoms with Gasteiger partial charge in [0.15, 0.2) is 40.3 Å². The van der Waals surface area contributed by atoms with Crippen LogP contribution in [-0.2, 0) is 11.3 Å². The zero-order valence-corrected chi connectivity index (χ0v) is 32.6. The Bertz CT molecular complexity index is 2750. The van der Waals surface area contributed by atoms with E-state index in [0.29, 0.717) is 5.56 Å². The highest BCUT2D eigenvalue weighted by molar-refractivity contribution is 6.12. The number of aliphatic hydroxyl groups is 10. The molecule has 2 aliphatic rings. The number of aliphatic hydroxyl groups excluding tert-OH is 10. The second-order valence-electron chi connectivity index (χ2n) is 14.1. The van der Waals surface area contributed by atoms with Gasteiger partial charge in [-0.2, -0.15) is 0 Å². The molecule has 0 bridgehead atoms. The van der Waals surface area contributed by atoms with E-state index in [0.717, 1.165) is 0 Å². The first-order valence-electron chi connectivity index (χ1n) is 18.3. The number of allylic oxidation sites excluding steroid dienone is 5. The lowest BCUT2D eigenvalue weighted by Crippen LogP contribution is -2.16. The van der Waals surface area contributed by atoms with Crippen LogP contribution in [0.3, 0.4) is 0 Å². The Hall–Kier alpha value is -8.00. The normalized spacial score (nSPS) is 16.7. The lowest BCUT2D eigenvalue weighted by molar-refractivity contribution is 0.191. The second kappa shape index (κ2) is 16.1. The van der Waals surface area contributed by atoms with Gasteiger partial charge in [-0.3, -0.25) is 0 Å². The van der Waals surface area contributed by atoms with Gasteiger partial charge in [0.05, 0.1) is 22.6 Å². The van der Waals surface area contributed by atoms with Crippen LogP contribution in [0.15, 0.2) is 142 Å². The summed E-state index contributed by atoms with van der Waals surface area (Å²) in [6.07, 6.45) is 4.83. The van der Waals surface area contributed by atoms with Crippen LogP contribution in [0.1, 0.15) is 60.1 Å². The van der Waals surface area contributed by atoms with Crippen molar-refractivity contribution in [3.05, 3.63) is 176 Å². The summed E-state index contributed by atoms with van der Waals surface area (Å²) < 4.78 is 5.96. The molecule has 60 heavy (non-hydrogen) atoms. The molecule has 0 amide bonds. The average molecular weight is 819 g/mol. The summed E-state index contributed by atoms with van der Waals surface area (Å²) in [5, 5.41) is 144. The van der Waals surface area contributed by atoms with E-state index in [4.69, 9.17) is 4.74 Å². The average Bonchev–Trinajstić information content (AvgIpc) is 3.32. The van der Waals surface area contributed by atoms with Gasteiger partial charge in [-0.05, 0) is 66.8 Å². The predicted molar refractivity (Wildman–Crippen MR) is 225 cm³/mol. The fourth-order valence-electron chi connectivity index (χ4n) is 7.68. The monoisotopic (exact) mass is 818 g/mol. The minimum Gasteiger partial charge on any atom is -0.512 e. The van der Waals surface area contributed by atoms with Gasteiger partial charge >= 0.3 is 0 Å². The van der Waals surface area contributed by atoms with E-state index in [1.807, 2.05) is 0 Å². The van der Waals surface area contributed by atoms with Crippen molar-refractivity contribution in [2.45, 2.75) is 40.2 Å². The van der Waals surface area contributed by atoms with Gasteiger partial charge in [-0.15, -0.1) is 0 Å². The zero-order chi connectivity index (χ0) is 43.9. The van der Waals surface area contributed by atoms with E-state index >= 15 is 0 Å². The molecule has 13 N–H and O–H groups in total. The third-order valence-electron chi connectivity index (χ3n) is 10.4. The number of ether oxygens (including phenoxy) is 1. The molecule has 310 valence electrons. The highest BCUT2D eigenvalue weighted by Gasteiger charge is 2.39. The van der Waals surface area contributed by atoms with Crippen LogP contribution in [0, 0.1) is 6.92 Å². The van der Waals surface area contributed by atoms with E-state index in [2.05, 4.69) is 0 Å². The van der Waals surface area contributed by atoms with Crippen LogP contribution in [0.25, 0.3) is 39.1 Å². The third-order valence-corrected chi connectivity index (χ3v) is 10.4. The maximum absolute atomic E-state index is 12.1. The SMILES string of the molecule is C/C=C\c1c(C)c(-c2c(O)c(O)c(O)c3c2C(/C(O)=C/O)=C(C(=C(C)C)/C(O)=C(O)\C(O)=C\O)OC3)c2ccccc2c1C1=C(O)C(c2ccccc2)C=C(O)C(O)=C1O. The molecule has 0 saturated heterocycles. The van der Waals surface area contributed by atoms with Crippen molar-refractivity contribution in [3.63, 3.8) is 0 Å². The molecule has 0 spiro atoms. The van der Waals surface area contributed by atoms with Crippen molar-refractivity contribution in [2.24, 2.45) is 0 Å². The first-order valence-corrected chi connectivity index (χ1v) is 18.3. The minimum atomic E-state index is -1.20. The fourth-order valence-corrected chi connectivity index (χ4v) is 7.68. The molecule has 4 aromatic carbocycles. The van der Waals surface area contributed by atoms with Crippen molar-refractivity contribution in [1.29, 1.82) is 0 Å². The summed E-state index contributed by atoms with van der Waals surface area (Å²) in [5.41, 5.74) is -0.224. The van der Waals surface area contributed by atoms with Crippen LogP contribution in [0.2, 0.25) is 0 Å². The van der Waals surface area contributed by atoms with Crippen molar-refractivity contribution >= 4 is 28.0 Å². The van der Waals surface area contributed by atoms with E-state index in [1.54, 1.807) is 80.6 Å². The summed E-state index contributed by atoms with van der Waals surface area (Å²) in [4.78, 5) is 0. The molecule has 1 aliphatic heterocycles. The largest absolute Gasteiger partial charge is 0.512 e. The van der Waals surface area contributed by atoms with Crippen LogP contribution >= 0.6 is 0 Å². The Morgan fingerprint density at radius 3 is 1.90 bits per heavy atom. The van der Waals surface area contributed by atoms with Gasteiger partial charge in [0, 0.05) is 22.3 Å². The van der Waals surface area contributed by atoms with Gasteiger partial charge in [0.1, 0.15) is 30.6 Å². The van der Waals surface area contributed by atoms with Crippen LogP contribution in [0.4, 0.5) is 0 Å². The van der Waals surface area contributed by atoms with Gasteiger partial charge in [-0.25, -0.2) is 0 Å². The quantitative estimate of drug-likeness (QED) is 0.0448. The van der Waals surface area contributed by atoms with Gasteiger partial charge in [0.25, 0.3) is 0 Å². The van der Waals surface area contributed by atoms with Crippen molar-refractivity contribution < 1.29 is 71.1 Å². The molecule has 6 rings (SSSR count). The fraction of sp³-hybridized carbons (Fsp3) is 0.130. The number of fused-ring (bicyclic) bond motifs is 2. The lowest BCUT2D eigenvalue weighted by Gasteiger charge is -2.30. The summed E-state index contributed by atoms with van der Waals surface area (Å²) in [6.45, 7) is 5.61. The molecule has 14 heteroatoms. The maximum atomic E-state index is 12.1. The number of rotatable bonds is 8.